The van der Waals surface area contributed by atoms with Gasteiger partial charge in [0.05, 0.1) is 12.2 Å². The Morgan fingerprint density at radius 3 is 2.72 bits per heavy atom. The van der Waals surface area contributed by atoms with Gasteiger partial charge in [0.2, 0.25) is 0 Å². The number of alkyl halides is 3. The molecule has 0 heterocycles. The Hall–Kier alpha value is -1.17. The first kappa shape index (κ1) is 14.9. The number of carbonyl (C=O) groups excluding carboxylic acids is 1. The largest absolute Gasteiger partial charge is 0.493 e. The predicted molar refractivity (Wildman–Crippen MR) is 67.0 cm³/mol. The standard InChI is InChI=1S/C12H13BrF2O3/c1-2-17-11-4-3-8(18-12(14)15)7-9(11)10(16)5-6-13/h3-4,7,12H,2,5-6H2,1H3. The average Bonchev–Trinajstić information content (AvgIpc) is 2.31. The summed E-state index contributed by atoms with van der Waals surface area (Å²) in [6.45, 7) is -0.742. The first-order chi connectivity index (χ1) is 8.58. The van der Waals surface area contributed by atoms with E-state index in [4.69, 9.17) is 4.74 Å². The smallest absolute Gasteiger partial charge is 0.387 e. The van der Waals surface area contributed by atoms with Gasteiger partial charge in [0.15, 0.2) is 5.78 Å². The Balaban J connectivity index is 3.02. The summed E-state index contributed by atoms with van der Waals surface area (Å²) >= 11 is 3.16. The highest BCUT2D eigenvalue weighted by Crippen LogP contribution is 2.26. The monoisotopic (exact) mass is 322 g/mol. The van der Waals surface area contributed by atoms with Crippen LogP contribution in [0.3, 0.4) is 0 Å². The molecule has 0 unspecified atom stereocenters. The molecule has 0 aliphatic carbocycles. The molecule has 0 fully saturated rings. The average molecular weight is 323 g/mol. The summed E-state index contributed by atoms with van der Waals surface area (Å²) in [7, 11) is 0. The van der Waals surface area contributed by atoms with Crippen molar-refractivity contribution in [1.29, 1.82) is 0 Å². The van der Waals surface area contributed by atoms with E-state index in [1.807, 2.05) is 0 Å². The third-order valence-electron chi connectivity index (χ3n) is 2.10. The number of rotatable bonds is 7. The van der Waals surface area contributed by atoms with Crippen LogP contribution in [0.1, 0.15) is 23.7 Å². The van der Waals surface area contributed by atoms with Crippen molar-refractivity contribution in [3.63, 3.8) is 0 Å². The SMILES string of the molecule is CCOc1ccc(OC(F)F)cc1C(=O)CCBr. The molecule has 1 rings (SSSR count). The van der Waals surface area contributed by atoms with Crippen LogP contribution in [-0.2, 0) is 0 Å². The predicted octanol–water partition coefficient (Wildman–Crippen LogP) is 3.65. The molecule has 0 saturated carbocycles. The van der Waals surface area contributed by atoms with Gasteiger partial charge in [0.1, 0.15) is 11.5 Å². The van der Waals surface area contributed by atoms with E-state index < -0.39 is 6.61 Å². The third-order valence-corrected chi connectivity index (χ3v) is 2.49. The molecule has 6 heteroatoms. The van der Waals surface area contributed by atoms with E-state index in [0.717, 1.165) is 0 Å². The minimum atomic E-state index is -2.91. The number of hydrogen-bond donors (Lipinski definition) is 0. The molecule has 0 atom stereocenters. The zero-order chi connectivity index (χ0) is 13.5. The Morgan fingerprint density at radius 1 is 1.44 bits per heavy atom. The van der Waals surface area contributed by atoms with Crippen LogP contribution in [0.5, 0.6) is 11.5 Å². The van der Waals surface area contributed by atoms with Crippen LogP contribution in [0.2, 0.25) is 0 Å². The number of ether oxygens (including phenoxy) is 2. The van der Waals surface area contributed by atoms with Crippen LogP contribution in [0, 0.1) is 0 Å². The highest BCUT2D eigenvalue weighted by Gasteiger charge is 2.15. The Kier molecular flexibility index (Phi) is 6.04. The van der Waals surface area contributed by atoms with Crippen LogP contribution in [0.15, 0.2) is 18.2 Å². The van der Waals surface area contributed by atoms with Gasteiger partial charge >= 0.3 is 6.61 Å². The first-order valence-corrected chi connectivity index (χ1v) is 6.51. The molecule has 0 aromatic heterocycles. The topological polar surface area (TPSA) is 35.5 Å². The molecule has 18 heavy (non-hydrogen) atoms. The molecule has 0 amide bonds. The van der Waals surface area contributed by atoms with E-state index in [1.54, 1.807) is 6.92 Å². The van der Waals surface area contributed by atoms with Gasteiger partial charge in [-0.15, -0.1) is 0 Å². The normalized spacial score (nSPS) is 10.5. The molecular formula is C12H13BrF2O3. The summed E-state index contributed by atoms with van der Waals surface area (Å²) in [4.78, 5) is 11.8. The summed E-state index contributed by atoms with van der Waals surface area (Å²) < 4.78 is 33.8. The second kappa shape index (κ2) is 7.31. The van der Waals surface area contributed by atoms with Crippen molar-refractivity contribution < 1.29 is 23.0 Å². The zero-order valence-corrected chi connectivity index (χ0v) is 11.4. The highest BCUT2D eigenvalue weighted by atomic mass is 79.9. The van der Waals surface area contributed by atoms with Crippen molar-refractivity contribution in [2.45, 2.75) is 20.0 Å². The maximum absolute atomic E-state index is 12.1. The fourth-order valence-corrected chi connectivity index (χ4v) is 1.77. The van der Waals surface area contributed by atoms with Crippen LogP contribution < -0.4 is 9.47 Å². The van der Waals surface area contributed by atoms with E-state index in [1.165, 1.54) is 18.2 Å². The van der Waals surface area contributed by atoms with Gasteiger partial charge in [0, 0.05) is 11.8 Å². The summed E-state index contributed by atoms with van der Waals surface area (Å²) in [6, 6.07) is 4.09. The zero-order valence-electron chi connectivity index (χ0n) is 9.79. The van der Waals surface area contributed by atoms with Gasteiger partial charge < -0.3 is 9.47 Å². The van der Waals surface area contributed by atoms with Crippen LogP contribution in [-0.4, -0.2) is 24.3 Å². The fourth-order valence-electron chi connectivity index (χ4n) is 1.41. The molecule has 0 saturated heterocycles. The lowest BCUT2D eigenvalue weighted by molar-refractivity contribution is -0.0499. The molecular weight excluding hydrogens is 310 g/mol. The van der Waals surface area contributed by atoms with Gasteiger partial charge in [-0.3, -0.25) is 4.79 Å². The van der Waals surface area contributed by atoms with Crippen LogP contribution in [0.25, 0.3) is 0 Å². The Labute approximate surface area is 112 Å². The van der Waals surface area contributed by atoms with Gasteiger partial charge in [-0.2, -0.15) is 8.78 Å². The Bertz CT molecular complexity index is 410. The molecule has 0 aliphatic rings. The minimum absolute atomic E-state index is 0.0497. The van der Waals surface area contributed by atoms with Gasteiger partial charge in [0.25, 0.3) is 0 Å². The molecule has 100 valence electrons. The second-order valence-electron chi connectivity index (χ2n) is 3.33. The molecule has 0 N–H and O–H groups in total. The summed E-state index contributed by atoms with van der Waals surface area (Å²) in [5.41, 5.74) is 0.259. The lowest BCUT2D eigenvalue weighted by atomic mass is 10.1. The molecule has 0 spiro atoms. The van der Waals surface area contributed by atoms with E-state index in [9.17, 15) is 13.6 Å². The van der Waals surface area contributed by atoms with E-state index in [-0.39, 0.29) is 23.5 Å². The van der Waals surface area contributed by atoms with Crippen LogP contribution >= 0.6 is 15.9 Å². The second-order valence-corrected chi connectivity index (χ2v) is 4.12. The van der Waals surface area contributed by atoms with E-state index >= 15 is 0 Å². The summed E-state index contributed by atoms with van der Waals surface area (Å²) in [6.07, 6.45) is 0.262. The maximum atomic E-state index is 12.1. The highest BCUT2D eigenvalue weighted by molar-refractivity contribution is 9.09. The molecule has 1 aromatic rings. The van der Waals surface area contributed by atoms with Crippen molar-refractivity contribution in [2.24, 2.45) is 0 Å². The van der Waals surface area contributed by atoms with Gasteiger partial charge in [-0.25, -0.2) is 0 Å². The number of Topliss-reactive ketones (excluding diaryl/α,β-unsaturated/α-hetero) is 1. The molecule has 0 aliphatic heterocycles. The fraction of sp³-hybridized carbons (Fsp3) is 0.417. The number of benzene rings is 1. The van der Waals surface area contributed by atoms with Crippen molar-refractivity contribution in [2.75, 3.05) is 11.9 Å². The van der Waals surface area contributed by atoms with Crippen molar-refractivity contribution >= 4 is 21.7 Å². The third kappa shape index (κ3) is 4.25. The van der Waals surface area contributed by atoms with Crippen LogP contribution in [0.4, 0.5) is 8.78 Å². The van der Waals surface area contributed by atoms with Gasteiger partial charge in [-0.1, -0.05) is 15.9 Å². The quantitative estimate of drug-likeness (QED) is 0.567. The minimum Gasteiger partial charge on any atom is -0.493 e. The number of hydrogen-bond acceptors (Lipinski definition) is 3. The molecule has 0 radical (unpaired) electrons. The molecule has 0 bridgehead atoms. The number of ketones is 1. The maximum Gasteiger partial charge on any atom is 0.387 e. The van der Waals surface area contributed by atoms with Gasteiger partial charge in [-0.05, 0) is 25.1 Å². The van der Waals surface area contributed by atoms with Crippen molar-refractivity contribution in [3.8, 4) is 11.5 Å². The lowest BCUT2D eigenvalue weighted by Gasteiger charge is -2.11. The van der Waals surface area contributed by atoms with E-state index in [0.29, 0.717) is 17.7 Å². The Morgan fingerprint density at radius 2 is 2.17 bits per heavy atom. The molecule has 1 aromatic carbocycles. The summed E-state index contributed by atoms with van der Waals surface area (Å²) in [5.74, 6) is 0.145. The van der Waals surface area contributed by atoms with E-state index in [2.05, 4.69) is 20.7 Å². The molecule has 3 nitrogen and oxygen atoms in total. The number of carbonyl (C=O) groups is 1. The van der Waals surface area contributed by atoms with Crippen molar-refractivity contribution in [1.82, 2.24) is 0 Å². The summed E-state index contributed by atoms with van der Waals surface area (Å²) in [5, 5.41) is 0.497. The van der Waals surface area contributed by atoms with Crippen molar-refractivity contribution in [3.05, 3.63) is 23.8 Å². The lowest BCUT2D eigenvalue weighted by Crippen LogP contribution is -2.07. The number of halogens is 3. The first-order valence-electron chi connectivity index (χ1n) is 5.39.